The van der Waals surface area contributed by atoms with Crippen LogP contribution in [0.15, 0.2) is 66.2 Å². The number of hydrogen-bond acceptors (Lipinski definition) is 5. The van der Waals surface area contributed by atoms with Crippen LogP contribution in [0.25, 0.3) is 10.9 Å². The van der Waals surface area contributed by atoms with E-state index in [1.165, 1.54) is 13.2 Å². The van der Waals surface area contributed by atoms with E-state index in [1.54, 1.807) is 36.5 Å². The number of benzene rings is 2. The summed E-state index contributed by atoms with van der Waals surface area (Å²) in [7, 11) is -2.61. The largest absolute Gasteiger partial charge is 0.493 e. The van der Waals surface area contributed by atoms with Crippen molar-refractivity contribution in [3.05, 3.63) is 72.4 Å². The molecular formula is C20H19NO4S. The number of rotatable bonds is 6. The van der Waals surface area contributed by atoms with E-state index >= 15 is 0 Å². The number of aromatic nitrogens is 1. The summed E-state index contributed by atoms with van der Waals surface area (Å²) < 4.78 is 36.3. The summed E-state index contributed by atoms with van der Waals surface area (Å²) in [5.74, 6) is 0.474. The van der Waals surface area contributed by atoms with Gasteiger partial charge in [0.2, 0.25) is 0 Å². The molecule has 0 fully saturated rings. The first kappa shape index (κ1) is 17.9. The van der Waals surface area contributed by atoms with Gasteiger partial charge < -0.3 is 8.92 Å². The number of ether oxygens (including phenoxy) is 1. The van der Waals surface area contributed by atoms with Crippen LogP contribution in [-0.2, 0) is 16.5 Å². The van der Waals surface area contributed by atoms with E-state index in [0.717, 1.165) is 16.5 Å². The Bertz CT molecular complexity index is 1070. The van der Waals surface area contributed by atoms with E-state index < -0.39 is 10.1 Å². The molecule has 6 heteroatoms. The monoisotopic (exact) mass is 369 g/mol. The van der Waals surface area contributed by atoms with Gasteiger partial charge in [0.25, 0.3) is 0 Å². The highest BCUT2D eigenvalue weighted by atomic mass is 32.2. The van der Waals surface area contributed by atoms with Crippen LogP contribution >= 0.6 is 0 Å². The molecule has 2 aromatic carbocycles. The maximum absolute atomic E-state index is 12.8. The molecule has 0 atom stereocenters. The molecule has 0 N–H and O–H groups in total. The molecule has 0 saturated carbocycles. The molecule has 0 spiro atoms. The fourth-order valence-electron chi connectivity index (χ4n) is 2.68. The Labute approximate surface area is 153 Å². The first-order chi connectivity index (χ1) is 12.4. The number of methoxy groups -OCH3 is 1. The maximum atomic E-state index is 12.8. The average molecular weight is 369 g/mol. The van der Waals surface area contributed by atoms with Crippen LogP contribution in [0.3, 0.4) is 0 Å². The number of hydrogen-bond donors (Lipinski definition) is 0. The summed E-state index contributed by atoms with van der Waals surface area (Å²) in [5.41, 5.74) is 2.27. The fourth-order valence-corrected chi connectivity index (χ4v) is 3.80. The maximum Gasteiger partial charge on any atom is 0.341 e. The molecule has 1 heterocycles. The van der Waals surface area contributed by atoms with E-state index in [-0.39, 0.29) is 10.6 Å². The lowest BCUT2D eigenvalue weighted by atomic mass is 10.1. The van der Waals surface area contributed by atoms with Gasteiger partial charge in [-0.05, 0) is 48.7 Å². The molecule has 0 aliphatic heterocycles. The summed E-state index contributed by atoms with van der Waals surface area (Å²) in [5, 5.41) is 0.739. The van der Waals surface area contributed by atoms with E-state index in [9.17, 15) is 8.42 Å². The van der Waals surface area contributed by atoms with Crippen molar-refractivity contribution in [1.29, 1.82) is 0 Å². The number of pyridine rings is 1. The number of fused-ring (bicyclic) bond motifs is 1. The Balaban J connectivity index is 2.04. The fraction of sp³-hybridized carbons (Fsp3) is 0.150. The predicted octanol–water partition coefficient (Wildman–Crippen LogP) is 4.05. The van der Waals surface area contributed by atoms with Crippen LogP contribution in [0.4, 0.5) is 0 Å². The molecule has 1 aromatic heterocycles. The van der Waals surface area contributed by atoms with E-state index in [2.05, 4.69) is 11.6 Å². The van der Waals surface area contributed by atoms with Crippen molar-refractivity contribution in [2.45, 2.75) is 18.2 Å². The normalized spacial score (nSPS) is 11.3. The Kier molecular flexibility index (Phi) is 4.95. The van der Waals surface area contributed by atoms with Crippen LogP contribution in [0.1, 0.15) is 11.1 Å². The molecule has 0 bridgehead atoms. The first-order valence-electron chi connectivity index (χ1n) is 8.02. The minimum absolute atomic E-state index is 0.0206. The highest BCUT2D eigenvalue weighted by molar-refractivity contribution is 7.87. The average Bonchev–Trinajstić information content (AvgIpc) is 2.62. The summed E-state index contributed by atoms with van der Waals surface area (Å²) >= 11 is 0. The summed E-state index contributed by atoms with van der Waals surface area (Å²) in [6, 6.07) is 11.9. The smallest absolute Gasteiger partial charge is 0.341 e. The second-order valence-electron chi connectivity index (χ2n) is 5.86. The second kappa shape index (κ2) is 7.17. The van der Waals surface area contributed by atoms with Crippen molar-refractivity contribution < 1.29 is 17.3 Å². The lowest BCUT2D eigenvalue weighted by Gasteiger charge is -2.13. The first-order valence-corrected chi connectivity index (χ1v) is 9.43. The van der Waals surface area contributed by atoms with Crippen molar-refractivity contribution in [3.63, 3.8) is 0 Å². The topological polar surface area (TPSA) is 65.5 Å². The zero-order chi connectivity index (χ0) is 18.7. The van der Waals surface area contributed by atoms with Gasteiger partial charge in [0, 0.05) is 11.6 Å². The van der Waals surface area contributed by atoms with E-state index in [0.29, 0.717) is 17.7 Å². The third-order valence-corrected chi connectivity index (χ3v) is 5.15. The molecule has 26 heavy (non-hydrogen) atoms. The highest BCUT2D eigenvalue weighted by Crippen LogP contribution is 2.32. The molecule has 0 unspecified atom stereocenters. The molecule has 0 saturated heterocycles. The van der Waals surface area contributed by atoms with E-state index in [4.69, 9.17) is 8.92 Å². The predicted molar refractivity (Wildman–Crippen MR) is 101 cm³/mol. The Morgan fingerprint density at radius 1 is 1.15 bits per heavy atom. The van der Waals surface area contributed by atoms with Gasteiger partial charge in [-0.15, -0.1) is 6.58 Å². The van der Waals surface area contributed by atoms with Crippen molar-refractivity contribution in [3.8, 4) is 11.5 Å². The summed E-state index contributed by atoms with van der Waals surface area (Å²) in [6.45, 7) is 5.60. The van der Waals surface area contributed by atoms with Crippen LogP contribution in [0, 0.1) is 6.92 Å². The quantitative estimate of drug-likeness (QED) is 0.484. The summed E-state index contributed by atoms with van der Waals surface area (Å²) in [4.78, 5) is 4.29. The SMILES string of the molecule is C=CCc1ccc(OS(=O)(=O)c2cccc3cc(C)cnc23)c(OC)c1. The van der Waals surface area contributed by atoms with Crippen molar-refractivity contribution in [2.24, 2.45) is 0 Å². The number of para-hydroxylation sites is 1. The molecule has 0 aliphatic carbocycles. The van der Waals surface area contributed by atoms with Crippen molar-refractivity contribution in [2.75, 3.05) is 7.11 Å². The molecule has 5 nitrogen and oxygen atoms in total. The minimum Gasteiger partial charge on any atom is -0.493 e. The van der Waals surface area contributed by atoms with Gasteiger partial charge in [-0.1, -0.05) is 24.3 Å². The highest BCUT2D eigenvalue weighted by Gasteiger charge is 2.22. The molecule has 0 amide bonds. The number of allylic oxidation sites excluding steroid dienone is 1. The zero-order valence-corrected chi connectivity index (χ0v) is 15.4. The Morgan fingerprint density at radius 3 is 2.69 bits per heavy atom. The lowest BCUT2D eigenvalue weighted by Crippen LogP contribution is -2.11. The number of nitrogens with zero attached hydrogens (tertiary/aromatic N) is 1. The van der Waals surface area contributed by atoms with Crippen molar-refractivity contribution in [1.82, 2.24) is 4.98 Å². The van der Waals surface area contributed by atoms with Gasteiger partial charge in [-0.3, -0.25) is 4.98 Å². The van der Waals surface area contributed by atoms with Gasteiger partial charge in [0.1, 0.15) is 4.90 Å². The lowest BCUT2D eigenvalue weighted by molar-refractivity contribution is 0.390. The Morgan fingerprint density at radius 2 is 1.96 bits per heavy atom. The molecular weight excluding hydrogens is 350 g/mol. The van der Waals surface area contributed by atoms with E-state index in [1.807, 2.05) is 19.1 Å². The van der Waals surface area contributed by atoms with Crippen molar-refractivity contribution >= 4 is 21.0 Å². The third kappa shape index (κ3) is 3.55. The van der Waals surface area contributed by atoms with Gasteiger partial charge in [-0.25, -0.2) is 0 Å². The van der Waals surface area contributed by atoms with Gasteiger partial charge in [-0.2, -0.15) is 8.42 Å². The van der Waals surface area contributed by atoms with Crippen LogP contribution in [-0.4, -0.2) is 20.5 Å². The van der Waals surface area contributed by atoms with Crippen LogP contribution in [0.5, 0.6) is 11.5 Å². The number of aryl methyl sites for hydroxylation is 1. The molecule has 3 aromatic rings. The van der Waals surface area contributed by atoms with Gasteiger partial charge >= 0.3 is 10.1 Å². The zero-order valence-electron chi connectivity index (χ0n) is 14.6. The molecule has 3 rings (SSSR count). The molecule has 0 radical (unpaired) electrons. The Hall–Kier alpha value is -2.86. The van der Waals surface area contributed by atoms with Gasteiger partial charge in [0.15, 0.2) is 11.5 Å². The van der Waals surface area contributed by atoms with Crippen LogP contribution < -0.4 is 8.92 Å². The molecule has 0 aliphatic rings. The standard InChI is InChI=1S/C20H19NO4S/c1-4-6-15-9-10-17(18(12-15)24-3)25-26(22,23)19-8-5-7-16-11-14(2)13-21-20(16)19/h4-5,7-13H,1,6H2,2-3H3. The summed E-state index contributed by atoms with van der Waals surface area (Å²) in [6.07, 6.45) is 4.04. The third-order valence-electron chi connectivity index (χ3n) is 3.89. The second-order valence-corrected chi connectivity index (χ2v) is 7.37. The molecule has 134 valence electrons. The van der Waals surface area contributed by atoms with Gasteiger partial charge in [0.05, 0.1) is 12.6 Å². The minimum atomic E-state index is -4.07. The van der Waals surface area contributed by atoms with Crippen LogP contribution in [0.2, 0.25) is 0 Å².